The number of hydrogen-bond donors (Lipinski definition) is 1. The molecule has 0 saturated carbocycles. The van der Waals surface area contributed by atoms with E-state index in [2.05, 4.69) is 4.98 Å². The van der Waals surface area contributed by atoms with Gasteiger partial charge in [-0.05, 0) is 12.8 Å². The van der Waals surface area contributed by atoms with Gasteiger partial charge >= 0.3 is 0 Å². The van der Waals surface area contributed by atoms with E-state index >= 15 is 0 Å². The highest BCUT2D eigenvalue weighted by Gasteiger charge is 2.27. The molecule has 1 aromatic rings. The average Bonchev–Trinajstić information content (AvgIpc) is 2.51. The number of hydrogen-bond acceptors (Lipinski definition) is 2. The van der Waals surface area contributed by atoms with Crippen LogP contribution in [0.3, 0.4) is 0 Å². The van der Waals surface area contributed by atoms with Crippen LogP contribution in [0, 0.1) is 0 Å². The maximum Gasteiger partial charge on any atom is 0.106 e. The Kier molecular flexibility index (Phi) is 2.52. The molecule has 0 fully saturated rings. The van der Waals surface area contributed by atoms with Crippen LogP contribution in [0.2, 0.25) is 0 Å². The Morgan fingerprint density at radius 2 is 2.08 bits per heavy atom. The van der Waals surface area contributed by atoms with Crippen molar-refractivity contribution in [2.45, 2.75) is 32.3 Å². The summed E-state index contributed by atoms with van der Waals surface area (Å²) < 4.78 is 1.87. The van der Waals surface area contributed by atoms with E-state index in [1.54, 1.807) is 12.5 Å². The molecule has 3 heteroatoms. The molecule has 0 radical (unpaired) electrons. The third-order valence-corrected chi connectivity index (χ3v) is 2.46. The monoisotopic (exact) mass is 168 g/mol. The van der Waals surface area contributed by atoms with Gasteiger partial charge in [-0.25, -0.2) is 4.98 Å². The van der Waals surface area contributed by atoms with Crippen molar-refractivity contribution in [2.75, 3.05) is 0 Å². The lowest BCUT2D eigenvalue weighted by Gasteiger charge is -2.25. The highest BCUT2D eigenvalue weighted by Crippen LogP contribution is 2.27. The van der Waals surface area contributed by atoms with Crippen LogP contribution in [0.5, 0.6) is 0 Å². The quantitative estimate of drug-likeness (QED) is 0.741. The second kappa shape index (κ2) is 3.27. The van der Waals surface area contributed by atoms with Crippen LogP contribution < -0.4 is 0 Å². The molecule has 0 bridgehead atoms. The van der Waals surface area contributed by atoms with Crippen LogP contribution in [-0.4, -0.2) is 14.7 Å². The molecule has 0 aliphatic carbocycles. The number of nitrogens with zero attached hydrogens (tertiary/aromatic N) is 2. The summed E-state index contributed by atoms with van der Waals surface area (Å²) in [6.45, 7) is 3.97. The molecule has 1 aromatic heterocycles. The fourth-order valence-electron chi connectivity index (χ4n) is 1.42. The van der Waals surface area contributed by atoms with E-state index < -0.39 is 5.60 Å². The fourth-order valence-corrected chi connectivity index (χ4v) is 1.42. The smallest absolute Gasteiger partial charge is 0.106 e. The topological polar surface area (TPSA) is 38.1 Å². The summed E-state index contributed by atoms with van der Waals surface area (Å²) in [5.41, 5.74) is 0.193. The molecule has 0 aromatic carbocycles. The first-order chi connectivity index (χ1) is 5.64. The molecular formula is C9H16N2O. The van der Waals surface area contributed by atoms with Crippen molar-refractivity contribution in [3.05, 3.63) is 18.2 Å². The average molecular weight is 168 g/mol. The van der Waals surface area contributed by atoms with Gasteiger partial charge < -0.3 is 9.67 Å². The predicted molar refractivity (Wildman–Crippen MR) is 47.7 cm³/mol. The molecule has 0 saturated heterocycles. The summed E-state index contributed by atoms with van der Waals surface area (Å²) in [4.78, 5) is 3.99. The maximum atomic E-state index is 10.1. The van der Waals surface area contributed by atoms with Gasteiger partial charge in [0.05, 0.1) is 18.2 Å². The molecule has 12 heavy (non-hydrogen) atoms. The number of rotatable bonds is 3. The van der Waals surface area contributed by atoms with Gasteiger partial charge in [-0.3, -0.25) is 0 Å². The van der Waals surface area contributed by atoms with Crippen molar-refractivity contribution >= 4 is 0 Å². The minimum Gasteiger partial charge on any atom is -0.384 e. The van der Waals surface area contributed by atoms with E-state index in [-0.39, 0.29) is 0 Å². The van der Waals surface area contributed by atoms with Crippen molar-refractivity contribution in [2.24, 2.45) is 7.05 Å². The third kappa shape index (κ3) is 1.37. The van der Waals surface area contributed by atoms with Crippen LogP contribution in [0.25, 0.3) is 0 Å². The SMILES string of the molecule is CCC(O)(CC)c1cncn1C. The van der Waals surface area contributed by atoms with Gasteiger partial charge in [0.25, 0.3) is 0 Å². The van der Waals surface area contributed by atoms with Crippen molar-refractivity contribution in [1.29, 1.82) is 0 Å². The molecule has 3 nitrogen and oxygen atoms in total. The van der Waals surface area contributed by atoms with E-state index in [9.17, 15) is 5.11 Å². The third-order valence-electron chi connectivity index (χ3n) is 2.46. The van der Waals surface area contributed by atoms with Crippen LogP contribution in [0.4, 0.5) is 0 Å². The Hall–Kier alpha value is -0.830. The molecule has 1 heterocycles. The molecule has 0 aliphatic heterocycles. The van der Waals surface area contributed by atoms with E-state index in [1.165, 1.54) is 0 Å². The Balaban J connectivity index is 3.02. The minimum absolute atomic E-state index is 0.703. The molecule has 68 valence electrons. The van der Waals surface area contributed by atoms with Crippen LogP contribution in [-0.2, 0) is 12.6 Å². The molecule has 0 amide bonds. The number of imidazole rings is 1. The molecule has 0 aliphatic rings. The zero-order valence-electron chi connectivity index (χ0n) is 7.91. The normalized spacial score (nSPS) is 12.0. The van der Waals surface area contributed by atoms with Crippen molar-refractivity contribution in [3.8, 4) is 0 Å². The molecular weight excluding hydrogens is 152 g/mol. The fraction of sp³-hybridized carbons (Fsp3) is 0.667. The van der Waals surface area contributed by atoms with Gasteiger partial charge in [0, 0.05) is 7.05 Å². The second-order valence-corrected chi connectivity index (χ2v) is 3.13. The zero-order valence-corrected chi connectivity index (χ0v) is 7.91. The summed E-state index contributed by atoms with van der Waals surface area (Å²) >= 11 is 0. The molecule has 1 rings (SSSR count). The van der Waals surface area contributed by atoms with E-state index in [1.807, 2.05) is 25.5 Å². The van der Waals surface area contributed by atoms with Gasteiger partial charge in [0.1, 0.15) is 5.60 Å². The van der Waals surface area contributed by atoms with Crippen LogP contribution in [0.1, 0.15) is 32.4 Å². The van der Waals surface area contributed by atoms with E-state index in [0.717, 1.165) is 18.5 Å². The standard InChI is InChI=1S/C9H16N2O/c1-4-9(12,5-2)8-6-10-7-11(8)3/h6-7,12H,4-5H2,1-3H3. The Morgan fingerprint density at radius 3 is 2.42 bits per heavy atom. The van der Waals surface area contributed by atoms with Crippen molar-refractivity contribution in [3.63, 3.8) is 0 Å². The number of aryl methyl sites for hydroxylation is 1. The molecule has 1 N–H and O–H groups in total. The summed E-state index contributed by atoms with van der Waals surface area (Å²) in [5.74, 6) is 0. The summed E-state index contributed by atoms with van der Waals surface area (Å²) in [7, 11) is 1.90. The maximum absolute atomic E-state index is 10.1. The summed E-state index contributed by atoms with van der Waals surface area (Å²) in [5, 5.41) is 10.1. The van der Waals surface area contributed by atoms with Crippen LogP contribution in [0.15, 0.2) is 12.5 Å². The predicted octanol–water partition coefficient (Wildman–Crippen LogP) is 1.43. The van der Waals surface area contributed by atoms with Gasteiger partial charge in [-0.1, -0.05) is 13.8 Å². The summed E-state index contributed by atoms with van der Waals surface area (Å²) in [6.07, 6.45) is 4.89. The second-order valence-electron chi connectivity index (χ2n) is 3.13. The first-order valence-electron chi connectivity index (χ1n) is 4.33. The van der Waals surface area contributed by atoms with Gasteiger partial charge in [0.2, 0.25) is 0 Å². The minimum atomic E-state index is -0.703. The lowest BCUT2D eigenvalue weighted by Crippen LogP contribution is -2.26. The van der Waals surface area contributed by atoms with Gasteiger partial charge in [0.15, 0.2) is 0 Å². The summed E-state index contributed by atoms with van der Waals surface area (Å²) in [6, 6.07) is 0. The number of aromatic nitrogens is 2. The van der Waals surface area contributed by atoms with E-state index in [0.29, 0.717) is 0 Å². The highest BCUT2D eigenvalue weighted by molar-refractivity contribution is 5.09. The van der Waals surface area contributed by atoms with Crippen molar-refractivity contribution in [1.82, 2.24) is 9.55 Å². The van der Waals surface area contributed by atoms with Gasteiger partial charge in [-0.15, -0.1) is 0 Å². The highest BCUT2D eigenvalue weighted by atomic mass is 16.3. The molecule has 0 unspecified atom stereocenters. The number of aliphatic hydroxyl groups is 1. The first-order valence-corrected chi connectivity index (χ1v) is 4.33. The Labute approximate surface area is 73.1 Å². The Morgan fingerprint density at radius 1 is 1.50 bits per heavy atom. The first kappa shape index (κ1) is 9.26. The lowest BCUT2D eigenvalue weighted by atomic mass is 9.94. The lowest BCUT2D eigenvalue weighted by molar-refractivity contribution is 0.0212. The Bertz CT molecular complexity index is 251. The van der Waals surface area contributed by atoms with E-state index in [4.69, 9.17) is 0 Å². The zero-order chi connectivity index (χ0) is 9.19. The van der Waals surface area contributed by atoms with Crippen molar-refractivity contribution < 1.29 is 5.11 Å². The molecule has 0 atom stereocenters. The molecule has 0 spiro atoms. The largest absolute Gasteiger partial charge is 0.384 e. The van der Waals surface area contributed by atoms with Gasteiger partial charge in [-0.2, -0.15) is 0 Å². The van der Waals surface area contributed by atoms with Crippen LogP contribution >= 0.6 is 0 Å².